The molecule has 1 N–H and O–H groups in total. The third-order valence-electron chi connectivity index (χ3n) is 5.55. The van der Waals surface area contributed by atoms with E-state index in [1.807, 2.05) is 12.1 Å². The number of carboxylic acids is 1. The molecule has 0 radical (unpaired) electrons. The number of amides is 1. The van der Waals surface area contributed by atoms with Gasteiger partial charge in [-0.15, -0.1) is 0 Å². The van der Waals surface area contributed by atoms with E-state index >= 15 is 0 Å². The topological polar surface area (TPSA) is 81.7 Å². The highest BCUT2D eigenvalue weighted by atomic mass is 35.5. The Morgan fingerprint density at radius 2 is 1.85 bits per heavy atom. The molecule has 3 rings (SSSR count). The van der Waals surface area contributed by atoms with Gasteiger partial charge in [0.1, 0.15) is 0 Å². The maximum absolute atomic E-state index is 12.6. The van der Waals surface area contributed by atoms with E-state index in [-0.39, 0.29) is 18.7 Å². The highest BCUT2D eigenvalue weighted by molar-refractivity contribution is 6.33. The first kappa shape index (κ1) is 20.0. The van der Waals surface area contributed by atoms with Crippen LogP contribution in [0.2, 0.25) is 5.02 Å². The van der Waals surface area contributed by atoms with E-state index < -0.39 is 11.4 Å². The lowest BCUT2D eigenvalue weighted by Crippen LogP contribution is -2.37. The summed E-state index contributed by atoms with van der Waals surface area (Å²) < 4.78 is 5.36. The molecule has 1 aliphatic heterocycles. The SMILES string of the molecule is O=C([O-])CC1(CC(=O)Nc2ccc(N3CCOCC3)c(Cl)c2)CCCCC1. The molecular formula is C20H26ClN2O4-. The maximum Gasteiger partial charge on any atom is 0.224 e. The zero-order valence-corrected chi connectivity index (χ0v) is 16.2. The van der Waals surface area contributed by atoms with Crippen molar-refractivity contribution in [1.29, 1.82) is 0 Å². The Balaban J connectivity index is 1.64. The Kier molecular flexibility index (Phi) is 6.60. The minimum absolute atomic E-state index is 0.0584. The van der Waals surface area contributed by atoms with Crippen molar-refractivity contribution in [3.8, 4) is 0 Å². The summed E-state index contributed by atoms with van der Waals surface area (Å²) in [6.45, 7) is 2.93. The Morgan fingerprint density at radius 1 is 1.15 bits per heavy atom. The molecule has 2 aliphatic rings. The van der Waals surface area contributed by atoms with Gasteiger partial charge in [0.05, 0.1) is 23.9 Å². The fourth-order valence-corrected chi connectivity index (χ4v) is 4.52. The molecule has 1 heterocycles. The van der Waals surface area contributed by atoms with Gasteiger partial charge >= 0.3 is 0 Å². The summed E-state index contributed by atoms with van der Waals surface area (Å²) in [4.78, 5) is 25.9. The Labute approximate surface area is 164 Å². The summed E-state index contributed by atoms with van der Waals surface area (Å²) in [6, 6.07) is 5.48. The molecule has 1 saturated carbocycles. The van der Waals surface area contributed by atoms with Crippen LogP contribution in [0.4, 0.5) is 11.4 Å². The third-order valence-corrected chi connectivity index (χ3v) is 5.86. The first-order chi connectivity index (χ1) is 13.0. The van der Waals surface area contributed by atoms with Gasteiger partial charge in [-0.25, -0.2) is 0 Å². The smallest absolute Gasteiger partial charge is 0.224 e. The lowest BCUT2D eigenvalue weighted by molar-refractivity contribution is -0.308. The van der Waals surface area contributed by atoms with Crippen LogP contribution in [-0.2, 0) is 14.3 Å². The van der Waals surface area contributed by atoms with Crippen molar-refractivity contribution in [1.82, 2.24) is 0 Å². The average molecular weight is 394 g/mol. The molecule has 1 saturated heterocycles. The molecule has 148 valence electrons. The van der Waals surface area contributed by atoms with Gasteiger partial charge in [0.25, 0.3) is 0 Å². The number of morpholine rings is 1. The van der Waals surface area contributed by atoms with E-state index in [1.165, 1.54) is 0 Å². The van der Waals surface area contributed by atoms with E-state index in [9.17, 15) is 14.7 Å². The van der Waals surface area contributed by atoms with Crippen LogP contribution in [0.15, 0.2) is 18.2 Å². The van der Waals surface area contributed by atoms with Gasteiger partial charge in [0.15, 0.2) is 0 Å². The van der Waals surface area contributed by atoms with E-state index in [1.54, 1.807) is 6.07 Å². The molecule has 7 heteroatoms. The van der Waals surface area contributed by atoms with Crippen LogP contribution in [0.25, 0.3) is 0 Å². The molecule has 0 bridgehead atoms. The fraction of sp³-hybridized carbons (Fsp3) is 0.600. The number of rotatable bonds is 6. The lowest BCUT2D eigenvalue weighted by atomic mass is 9.69. The summed E-state index contributed by atoms with van der Waals surface area (Å²) in [5.74, 6) is -1.25. The van der Waals surface area contributed by atoms with Crippen molar-refractivity contribution < 1.29 is 19.4 Å². The van der Waals surface area contributed by atoms with Crippen LogP contribution >= 0.6 is 11.6 Å². The van der Waals surface area contributed by atoms with Crippen LogP contribution in [0, 0.1) is 5.41 Å². The second-order valence-corrected chi connectivity index (χ2v) is 8.01. The van der Waals surface area contributed by atoms with E-state index in [4.69, 9.17) is 16.3 Å². The molecule has 0 aromatic heterocycles. The van der Waals surface area contributed by atoms with Gasteiger partial charge in [0, 0.05) is 31.2 Å². The quantitative estimate of drug-likeness (QED) is 0.803. The number of anilines is 2. The first-order valence-corrected chi connectivity index (χ1v) is 9.97. The zero-order chi connectivity index (χ0) is 19.3. The zero-order valence-electron chi connectivity index (χ0n) is 15.5. The number of nitrogens with zero attached hydrogens (tertiary/aromatic N) is 1. The van der Waals surface area contributed by atoms with Gasteiger partial charge < -0.3 is 24.9 Å². The molecule has 0 spiro atoms. The predicted molar refractivity (Wildman–Crippen MR) is 103 cm³/mol. The van der Waals surface area contributed by atoms with Crippen molar-refractivity contribution in [3.05, 3.63) is 23.2 Å². The van der Waals surface area contributed by atoms with Gasteiger partial charge in [-0.05, 0) is 42.9 Å². The maximum atomic E-state index is 12.6. The molecule has 1 aromatic rings. The van der Waals surface area contributed by atoms with Gasteiger partial charge in [0.2, 0.25) is 5.91 Å². The van der Waals surface area contributed by atoms with E-state index in [2.05, 4.69) is 10.2 Å². The van der Waals surface area contributed by atoms with E-state index in [0.29, 0.717) is 23.9 Å². The highest BCUT2D eigenvalue weighted by Gasteiger charge is 2.34. The largest absolute Gasteiger partial charge is 0.550 e. The molecule has 2 fully saturated rings. The van der Waals surface area contributed by atoms with Crippen LogP contribution in [0.1, 0.15) is 44.9 Å². The Hall–Kier alpha value is -1.79. The molecule has 6 nitrogen and oxygen atoms in total. The van der Waals surface area contributed by atoms with E-state index in [0.717, 1.165) is 50.9 Å². The number of carboxylic acid groups (broad SMARTS) is 1. The van der Waals surface area contributed by atoms with Crippen molar-refractivity contribution in [2.45, 2.75) is 44.9 Å². The third kappa shape index (κ3) is 5.36. The lowest BCUT2D eigenvalue weighted by Gasteiger charge is -2.37. The molecule has 1 amide bonds. The summed E-state index contributed by atoms with van der Waals surface area (Å²) >= 11 is 6.41. The number of aliphatic carboxylic acids is 1. The number of hydrogen-bond acceptors (Lipinski definition) is 5. The van der Waals surface area contributed by atoms with Gasteiger partial charge in [-0.1, -0.05) is 30.9 Å². The highest BCUT2D eigenvalue weighted by Crippen LogP contribution is 2.42. The first-order valence-electron chi connectivity index (χ1n) is 9.59. The number of carbonyl (C=O) groups is 2. The van der Waals surface area contributed by atoms with Gasteiger partial charge in [-0.2, -0.15) is 0 Å². The van der Waals surface area contributed by atoms with Crippen molar-refractivity contribution >= 4 is 34.9 Å². The monoisotopic (exact) mass is 393 g/mol. The number of carbonyl (C=O) groups excluding carboxylic acids is 2. The summed E-state index contributed by atoms with van der Waals surface area (Å²) in [6.07, 6.45) is 4.66. The number of ether oxygens (including phenoxy) is 1. The Morgan fingerprint density at radius 3 is 2.48 bits per heavy atom. The second kappa shape index (κ2) is 8.93. The average Bonchev–Trinajstić information content (AvgIpc) is 2.62. The molecule has 27 heavy (non-hydrogen) atoms. The fourth-order valence-electron chi connectivity index (χ4n) is 4.22. The van der Waals surface area contributed by atoms with Crippen molar-refractivity contribution in [2.75, 3.05) is 36.5 Å². The van der Waals surface area contributed by atoms with Crippen LogP contribution in [-0.4, -0.2) is 38.2 Å². The summed E-state index contributed by atoms with van der Waals surface area (Å²) in [5, 5.41) is 14.6. The molecule has 0 atom stereocenters. The minimum Gasteiger partial charge on any atom is -0.550 e. The van der Waals surface area contributed by atoms with Crippen LogP contribution in [0.3, 0.4) is 0 Å². The number of hydrogen-bond donors (Lipinski definition) is 1. The van der Waals surface area contributed by atoms with Gasteiger partial charge in [-0.3, -0.25) is 4.79 Å². The van der Waals surface area contributed by atoms with Crippen molar-refractivity contribution in [3.63, 3.8) is 0 Å². The normalized spacial score (nSPS) is 19.5. The van der Waals surface area contributed by atoms with Crippen molar-refractivity contribution in [2.24, 2.45) is 5.41 Å². The molecule has 0 unspecified atom stereocenters. The second-order valence-electron chi connectivity index (χ2n) is 7.60. The standard InChI is InChI=1S/C20H27ClN2O4/c21-16-12-15(4-5-17(16)23-8-10-27-11-9-23)22-18(24)13-20(14-19(25)26)6-2-1-3-7-20/h4-5,12H,1-3,6-11,13-14H2,(H,22,24)(H,25,26)/p-1. The van der Waals surface area contributed by atoms with Crippen LogP contribution in [0.5, 0.6) is 0 Å². The Bertz CT molecular complexity index is 683. The molecule has 1 aromatic carbocycles. The number of benzene rings is 1. The number of halogens is 1. The molecule has 1 aliphatic carbocycles. The predicted octanol–water partition coefficient (Wildman–Crippen LogP) is 2.60. The summed E-state index contributed by atoms with van der Waals surface area (Å²) in [7, 11) is 0. The molecular weight excluding hydrogens is 368 g/mol. The summed E-state index contributed by atoms with van der Waals surface area (Å²) in [5.41, 5.74) is 1.07. The minimum atomic E-state index is -1.08. The number of nitrogens with one attached hydrogen (secondary N) is 1. The van der Waals surface area contributed by atoms with Crippen LogP contribution < -0.4 is 15.3 Å².